The van der Waals surface area contributed by atoms with E-state index in [4.69, 9.17) is 45.1 Å². The first-order chi connectivity index (χ1) is 20.9. The molecular weight excluding hydrogens is 669 g/mol. The molecule has 5 N–H and O–H groups in total. The fraction of sp³-hybridized carbons (Fsp3) is 0.476. The number of imidazole rings is 1. The molecule has 2 unspecified atom stereocenters. The number of hydrogen-bond donors (Lipinski definition) is 5. The minimum Gasteiger partial charge on any atom is -0.369 e. The number of nitrogen functional groups attached to an aromatic ring is 1. The minimum atomic E-state index is -4.27. The third-order valence-electron chi connectivity index (χ3n) is 7.27. The number of aromatic amines is 2. The number of nitrogens with two attached hydrogens (primary N) is 1. The fourth-order valence-corrected chi connectivity index (χ4v) is 8.33. The van der Waals surface area contributed by atoms with Crippen molar-refractivity contribution in [1.82, 2.24) is 34.1 Å². The third-order valence-corrected chi connectivity index (χ3v) is 10.5. The van der Waals surface area contributed by atoms with Crippen molar-refractivity contribution >= 4 is 65.7 Å². The van der Waals surface area contributed by atoms with Crippen molar-refractivity contribution in [3.63, 3.8) is 0 Å². The van der Waals surface area contributed by atoms with E-state index in [0.29, 0.717) is 0 Å². The van der Waals surface area contributed by atoms with Crippen LogP contribution in [-0.2, 0) is 43.9 Å². The number of halogens is 1. The molecule has 0 amide bonds. The first kappa shape index (κ1) is 30.1. The molecule has 3 aliphatic heterocycles. The topological polar surface area (TPSA) is 233 Å². The molecule has 4 aromatic heterocycles. The second-order valence-electron chi connectivity index (χ2n) is 10.1. The van der Waals surface area contributed by atoms with Gasteiger partial charge in [-0.15, -0.1) is 0 Å². The number of aromatic nitrogens is 7. The summed E-state index contributed by atoms with van der Waals surface area (Å²) < 4.78 is 66.3. The second-order valence-corrected chi connectivity index (χ2v) is 15.8. The van der Waals surface area contributed by atoms with Crippen LogP contribution in [-0.4, -0.2) is 82.7 Å². The smallest absolute Gasteiger partial charge is 0.369 e. The predicted molar refractivity (Wildman–Crippen MR) is 155 cm³/mol. The number of ether oxygens (including phenoxy) is 2. The van der Waals surface area contributed by atoms with E-state index in [1.54, 1.807) is 0 Å². The van der Waals surface area contributed by atoms with Gasteiger partial charge >= 0.3 is 13.5 Å². The SMILES string of the molecule is Nc1nc2c(ncn2[C@@H]2O[C@@H]3COP(=O)(S)O[C@H]4[C@H](F)[C@H](n5ccc6c(=O)[nH]cnc65)O[C@@H]4COP(O)(=S)O[C@@H]2C3)c(=O)[nH]1. The molecule has 44 heavy (non-hydrogen) atoms. The zero-order valence-corrected chi connectivity index (χ0v) is 25.5. The van der Waals surface area contributed by atoms with Gasteiger partial charge in [-0.1, -0.05) is 12.2 Å². The van der Waals surface area contributed by atoms with Crippen molar-refractivity contribution in [2.24, 2.45) is 0 Å². The lowest BCUT2D eigenvalue weighted by Gasteiger charge is -2.27. The van der Waals surface area contributed by atoms with Crippen LogP contribution in [0.4, 0.5) is 10.3 Å². The third kappa shape index (κ3) is 5.45. The Balaban J connectivity index is 1.19. The predicted octanol–water partition coefficient (Wildman–Crippen LogP) is 1.03. The van der Waals surface area contributed by atoms with Crippen molar-refractivity contribution in [3.8, 4) is 0 Å². The Kier molecular flexibility index (Phi) is 7.57. The van der Waals surface area contributed by atoms with E-state index in [-0.39, 0.29) is 41.2 Å². The van der Waals surface area contributed by atoms with Crippen molar-refractivity contribution < 1.29 is 41.4 Å². The average Bonchev–Trinajstić information content (AvgIpc) is 3.72. The Morgan fingerprint density at radius 2 is 1.91 bits per heavy atom. The molecule has 9 atom stereocenters. The summed E-state index contributed by atoms with van der Waals surface area (Å²) >= 11 is 9.31. The van der Waals surface area contributed by atoms with Gasteiger partial charge in [0.1, 0.15) is 24.0 Å². The number of fused-ring (bicyclic) bond motifs is 5. The molecule has 7 heterocycles. The Hall–Kier alpha value is -2.55. The highest BCUT2D eigenvalue weighted by atomic mass is 32.7. The van der Waals surface area contributed by atoms with Crippen molar-refractivity contribution in [3.05, 3.63) is 45.6 Å². The number of hydrogen-bond acceptors (Lipinski definition) is 14. The van der Waals surface area contributed by atoms with Gasteiger partial charge in [-0.3, -0.25) is 28.2 Å². The summed E-state index contributed by atoms with van der Waals surface area (Å²) in [6, 6.07) is 1.44. The molecule has 0 saturated carbocycles. The lowest BCUT2D eigenvalue weighted by atomic mass is 10.1. The first-order valence-corrected chi connectivity index (χ1v) is 18.2. The normalized spacial score (nSPS) is 36.6. The van der Waals surface area contributed by atoms with Crippen LogP contribution in [0, 0.1) is 0 Å². The molecule has 18 nitrogen and oxygen atoms in total. The number of alkyl halides is 1. The standard InChI is InChI=1S/C21H23FN8O10P2S2/c22-12-14-11(38-20(12)29-2-1-9-15(29)24-6-25-17(9)31)5-36-41(33,43)39-10-3-8(4-35-42(34,44)40-14)37-19(10)30-7-26-13-16(30)27-21(23)28-18(13)32/h1-2,6-8,10-12,14,19-20H,3-5H2,(H,33,43)(H,34,44)(H,24,25,31)(H3,23,27,28,32)/t8-,10+,11+,12-,14+,19+,20+,41?,42?/m0/s1. The zero-order chi connectivity index (χ0) is 31.0. The quantitative estimate of drug-likeness (QED) is 0.146. The summed E-state index contributed by atoms with van der Waals surface area (Å²) in [5.41, 5.74) is 4.85. The van der Waals surface area contributed by atoms with Crippen LogP contribution in [0.5, 0.6) is 0 Å². The van der Waals surface area contributed by atoms with Crippen LogP contribution in [0.25, 0.3) is 22.2 Å². The Morgan fingerprint density at radius 3 is 2.73 bits per heavy atom. The van der Waals surface area contributed by atoms with Crippen molar-refractivity contribution in [1.29, 1.82) is 0 Å². The molecule has 2 bridgehead atoms. The van der Waals surface area contributed by atoms with Gasteiger partial charge in [-0.2, -0.15) is 4.98 Å². The molecule has 23 heteroatoms. The van der Waals surface area contributed by atoms with Crippen LogP contribution in [0.1, 0.15) is 18.9 Å². The summed E-state index contributed by atoms with van der Waals surface area (Å²) in [6.07, 6.45) is -5.26. The Labute approximate surface area is 254 Å². The number of nitrogens with one attached hydrogen (secondary N) is 2. The van der Waals surface area contributed by atoms with Gasteiger partial charge in [-0.25, -0.2) is 18.9 Å². The molecule has 3 fully saturated rings. The van der Waals surface area contributed by atoms with Crippen LogP contribution in [0.15, 0.2) is 34.5 Å². The lowest BCUT2D eigenvalue weighted by Crippen LogP contribution is -2.34. The van der Waals surface area contributed by atoms with Crippen LogP contribution in [0.3, 0.4) is 0 Å². The average molecular weight is 693 g/mol. The van der Waals surface area contributed by atoms with Gasteiger partial charge in [0.15, 0.2) is 29.8 Å². The number of nitrogens with zero attached hydrogens (tertiary/aromatic N) is 5. The lowest BCUT2D eigenvalue weighted by molar-refractivity contribution is -0.0582. The molecule has 4 aromatic rings. The highest BCUT2D eigenvalue weighted by molar-refractivity contribution is 8.44. The van der Waals surface area contributed by atoms with Gasteiger partial charge in [0.05, 0.1) is 37.4 Å². The van der Waals surface area contributed by atoms with Crippen molar-refractivity contribution in [2.45, 2.75) is 49.5 Å². The molecule has 3 saturated heterocycles. The van der Waals surface area contributed by atoms with Crippen LogP contribution >= 0.6 is 25.8 Å². The van der Waals surface area contributed by atoms with E-state index < -0.39 is 74.3 Å². The van der Waals surface area contributed by atoms with E-state index in [1.165, 1.54) is 27.7 Å². The maximum atomic E-state index is 16.0. The monoisotopic (exact) mass is 692 g/mol. The van der Waals surface area contributed by atoms with E-state index in [0.717, 1.165) is 6.33 Å². The summed E-state index contributed by atoms with van der Waals surface area (Å²) in [5, 5.41) is 0.184. The summed E-state index contributed by atoms with van der Waals surface area (Å²) in [5.74, 6) is -0.170. The van der Waals surface area contributed by atoms with E-state index >= 15 is 4.39 Å². The van der Waals surface area contributed by atoms with E-state index in [2.05, 4.69) is 37.2 Å². The van der Waals surface area contributed by atoms with Crippen LogP contribution < -0.4 is 16.9 Å². The molecular formula is C21H23FN8O10P2S2. The van der Waals surface area contributed by atoms with Gasteiger partial charge in [0, 0.05) is 12.6 Å². The molecule has 0 aliphatic carbocycles. The molecule has 0 aromatic carbocycles. The van der Waals surface area contributed by atoms with Gasteiger partial charge in [-0.05, 0) is 17.9 Å². The highest BCUT2D eigenvalue weighted by Gasteiger charge is 2.51. The van der Waals surface area contributed by atoms with E-state index in [1.807, 2.05) is 0 Å². The second kappa shape index (κ2) is 11.1. The number of rotatable bonds is 2. The summed E-state index contributed by atoms with van der Waals surface area (Å²) in [7, 11) is 0. The maximum absolute atomic E-state index is 16.0. The number of thiol groups is 1. The van der Waals surface area contributed by atoms with Crippen LogP contribution in [0.2, 0.25) is 0 Å². The van der Waals surface area contributed by atoms with Gasteiger partial charge in [0.25, 0.3) is 11.1 Å². The number of H-pyrrole nitrogens is 2. The first-order valence-electron chi connectivity index (χ1n) is 12.9. The Morgan fingerprint density at radius 1 is 1.09 bits per heavy atom. The highest BCUT2D eigenvalue weighted by Crippen LogP contribution is 2.58. The molecule has 0 radical (unpaired) electrons. The molecule has 7 rings (SSSR count). The summed E-state index contributed by atoms with van der Waals surface area (Å²) in [6.45, 7) is -9.27. The number of anilines is 1. The fourth-order valence-electron chi connectivity index (χ4n) is 5.39. The molecule has 236 valence electrons. The van der Waals surface area contributed by atoms with Crippen molar-refractivity contribution in [2.75, 3.05) is 18.9 Å². The molecule has 0 spiro atoms. The zero-order valence-electron chi connectivity index (χ0n) is 22.0. The largest absolute Gasteiger partial charge is 0.386 e. The minimum absolute atomic E-state index is 0.0290. The van der Waals surface area contributed by atoms with Gasteiger partial charge in [0.2, 0.25) is 5.95 Å². The Bertz CT molecular complexity index is 1970. The maximum Gasteiger partial charge on any atom is 0.386 e. The van der Waals surface area contributed by atoms with Gasteiger partial charge < -0.3 is 38.7 Å². The summed E-state index contributed by atoms with van der Waals surface area (Å²) in [4.78, 5) is 52.6. The molecule has 3 aliphatic rings. The van der Waals surface area contributed by atoms with E-state index in [9.17, 15) is 19.0 Å².